The fourth-order valence-electron chi connectivity index (χ4n) is 4.36. The van der Waals surface area contributed by atoms with E-state index in [1.165, 1.54) is 0 Å². The molecule has 1 saturated heterocycles. The summed E-state index contributed by atoms with van der Waals surface area (Å²) >= 11 is 0. The minimum absolute atomic E-state index is 0.138. The van der Waals surface area contributed by atoms with Gasteiger partial charge in [0.1, 0.15) is 11.3 Å². The molecule has 5 rings (SSSR count). The minimum atomic E-state index is -0.445. The number of carbonyl (C=O) groups is 1. The predicted molar refractivity (Wildman–Crippen MR) is 132 cm³/mol. The third-order valence-corrected chi connectivity index (χ3v) is 7.12. The molecule has 3 atom stereocenters. The Kier molecular flexibility index (Phi) is 6.13. The summed E-state index contributed by atoms with van der Waals surface area (Å²) in [4.78, 5) is 35.6. The first-order chi connectivity index (χ1) is 16.8. The van der Waals surface area contributed by atoms with E-state index < -0.39 is 5.91 Å². The second-order valence-corrected chi connectivity index (χ2v) is 10.2. The highest BCUT2D eigenvalue weighted by atomic mass is 16.5. The molecule has 9 heteroatoms. The van der Waals surface area contributed by atoms with Gasteiger partial charge in [-0.05, 0) is 58.1 Å². The molecule has 0 bridgehead atoms. The average molecular weight is 480 g/mol. The van der Waals surface area contributed by atoms with Crippen molar-refractivity contribution in [3.8, 4) is 5.88 Å². The highest BCUT2D eigenvalue weighted by Gasteiger charge is 2.35. The Morgan fingerprint density at radius 1 is 1.31 bits per heavy atom. The first-order valence-corrected chi connectivity index (χ1v) is 12.5. The van der Waals surface area contributed by atoms with Gasteiger partial charge in [-0.2, -0.15) is 4.98 Å². The third-order valence-electron chi connectivity index (χ3n) is 7.12. The number of carbonyl (C=O) groups excluding carboxylic acids is 1. The van der Waals surface area contributed by atoms with Crippen molar-refractivity contribution >= 4 is 17.4 Å². The lowest BCUT2D eigenvalue weighted by Crippen LogP contribution is -2.36. The minimum Gasteiger partial charge on any atom is -0.474 e. The summed E-state index contributed by atoms with van der Waals surface area (Å²) in [5, 5.41) is 2.78. The third kappa shape index (κ3) is 4.69. The summed E-state index contributed by atoms with van der Waals surface area (Å²) in [5.41, 5.74) is 0.941. The van der Waals surface area contributed by atoms with E-state index in [4.69, 9.17) is 14.5 Å². The molecule has 1 aliphatic heterocycles. The van der Waals surface area contributed by atoms with Gasteiger partial charge < -0.3 is 19.4 Å². The smallest absolute Gasteiger partial charge is 0.274 e. The Balaban J connectivity index is 1.50. The van der Waals surface area contributed by atoms with Crippen LogP contribution in [0.15, 0.2) is 35.5 Å². The summed E-state index contributed by atoms with van der Waals surface area (Å²) in [6.45, 7) is 8.75. The van der Waals surface area contributed by atoms with Crippen molar-refractivity contribution in [3.63, 3.8) is 0 Å². The zero-order valence-corrected chi connectivity index (χ0v) is 20.8. The van der Waals surface area contributed by atoms with Crippen molar-refractivity contribution in [1.82, 2.24) is 18.9 Å². The molecule has 35 heavy (non-hydrogen) atoms. The molecule has 1 unspecified atom stereocenters. The Labute approximate surface area is 204 Å². The lowest BCUT2D eigenvalue weighted by Gasteiger charge is -2.34. The molecule has 1 saturated carbocycles. The van der Waals surface area contributed by atoms with Crippen molar-refractivity contribution in [2.75, 3.05) is 11.9 Å². The van der Waals surface area contributed by atoms with Crippen molar-refractivity contribution in [2.45, 2.75) is 83.5 Å². The van der Waals surface area contributed by atoms with Crippen LogP contribution < -0.4 is 15.6 Å². The van der Waals surface area contributed by atoms with Gasteiger partial charge in [-0.3, -0.25) is 14.0 Å². The lowest BCUT2D eigenvalue weighted by molar-refractivity contribution is -0.0162. The summed E-state index contributed by atoms with van der Waals surface area (Å²) in [6, 6.07) is 3.63. The van der Waals surface area contributed by atoms with Crippen LogP contribution in [0.1, 0.15) is 81.9 Å². The number of hydrogen-bond donors (Lipinski definition) is 1. The van der Waals surface area contributed by atoms with Gasteiger partial charge in [0.15, 0.2) is 0 Å². The highest BCUT2D eigenvalue weighted by Crippen LogP contribution is 2.35. The number of anilines is 1. The maximum atomic E-state index is 13.4. The normalized spacial score (nSPS) is 23.3. The van der Waals surface area contributed by atoms with Gasteiger partial charge in [0.25, 0.3) is 11.5 Å². The Hall–Kier alpha value is -3.20. The van der Waals surface area contributed by atoms with E-state index in [9.17, 15) is 9.59 Å². The van der Waals surface area contributed by atoms with Crippen LogP contribution in [0.5, 0.6) is 5.88 Å². The number of pyridine rings is 1. The maximum Gasteiger partial charge on any atom is 0.274 e. The van der Waals surface area contributed by atoms with Crippen LogP contribution in [0.25, 0.3) is 5.78 Å². The zero-order valence-electron chi connectivity index (χ0n) is 20.8. The van der Waals surface area contributed by atoms with Crippen molar-refractivity contribution in [3.05, 3.63) is 52.3 Å². The standard InChI is InChI=1S/C26H33N5O4/c1-5-16(2)35-23-19(22(32)27-20-7-6-12-31(24(20)33)18-8-9-18)13-30-14-21(28-25(30)29-23)26(4)11-10-17(3)34-15-26/h6-7,12-14,16-18H,5,8-11,15H2,1-4H3,(H,27,32)/t16-,17?,26-/m0/s1. The summed E-state index contributed by atoms with van der Waals surface area (Å²) in [7, 11) is 0. The molecule has 4 heterocycles. The Bertz CT molecular complexity index is 1300. The van der Waals surface area contributed by atoms with E-state index in [1.54, 1.807) is 33.5 Å². The molecule has 2 fully saturated rings. The second-order valence-electron chi connectivity index (χ2n) is 10.2. The number of rotatable bonds is 7. The SMILES string of the molecule is CC[C@H](C)Oc1nc2nc([C@@]3(C)CCC(C)OC3)cn2cc1C(=O)Nc1cccn(C2CC2)c1=O. The molecule has 1 N–H and O–H groups in total. The van der Waals surface area contributed by atoms with Gasteiger partial charge in [-0.1, -0.05) is 13.8 Å². The molecule has 1 aliphatic carbocycles. The van der Waals surface area contributed by atoms with Crippen LogP contribution in [-0.4, -0.2) is 43.7 Å². The Morgan fingerprint density at radius 3 is 2.80 bits per heavy atom. The van der Waals surface area contributed by atoms with Crippen LogP contribution in [0, 0.1) is 0 Å². The van der Waals surface area contributed by atoms with E-state index in [0.717, 1.165) is 37.8 Å². The van der Waals surface area contributed by atoms with Crippen LogP contribution in [0.4, 0.5) is 5.69 Å². The average Bonchev–Trinajstić information content (AvgIpc) is 3.60. The molecule has 0 radical (unpaired) electrons. The van der Waals surface area contributed by atoms with Crippen LogP contribution in [-0.2, 0) is 10.2 Å². The summed E-state index contributed by atoms with van der Waals surface area (Å²) in [6.07, 6.45) is 10.1. The Morgan fingerprint density at radius 2 is 2.11 bits per heavy atom. The van der Waals surface area contributed by atoms with Crippen LogP contribution in [0.3, 0.4) is 0 Å². The summed E-state index contributed by atoms with van der Waals surface area (Å²) in [5.74, 6) is 0.226. The first kappa shape index (κ1) is 23.5. The molecule has 1 amide bonds. The van der Waals surface area contributed by atoms with Gasteiger partial charge >= 0.3 is 0 Å². The topological polar surface area (TPSA) is 99.8 Å². The molecule has 2 aliphatic rings. The van der Waals surface area contributed by atoms with Crippen LogP contribution in [0.2, 0.25) is 0 Å². The molecular formula is C26H33N5O4. The van der Waals surface area contributed by atoms with Gasteiger partial charge in [-0.25, -0.2) is 4.98 Å². The van der Waals surface area contributed by atoms with Crippen molar-refractivity contribution < 1.29 is 14.3 Å². The quantitative estimate of drug-likeness (QED) is 0.547. The van der Waals surface area contributed by atoms with Gasteiger partial charge in [0.05, 0.1) is 24.5 Å². The predicted octanol–water partition coefficient (Wildman–Crippen LogP) is 4.11. The lowest BCUT2D eigenvalue weighted by atomic mass is 9.81. The van der Waals surface area contributed by atoms with Crippen molar-refractivity contribution in [2.24, 2.45) is 0 Å². The number of fused-ring (bicyclic) bond motifs is 1. The maximum absolute atomic E-state index is 13.4. The molecule has 9 nitrogen and oxygen atoms in total. The van der Waals surface area contributed by atoms with Gasteiger partial charge in [0.2, 0.25) is 11.7 Å². The van der Waals surface area contributed by atoms with Crippen molar-refractivity contribution in [1.29, 1.82) is 0 Å². The number of nitrogens with zero attached hydrogens (tertiary/aromatic N) is 4. The molecule has 186 valence electrons. The van der Waals surface area contributed by atoms with Crippen LogP contribution >= 0.6 is 0 Å². The van der Waals surface area contributed by atoms with E-state index >= 15 is 0 Å². The summed E-state index contributed by atoms with van der Waals surface area (Å²) < 4.78 is 15.4. The largest absolute Gasteiger partial charge is 0.474 e. The first-order valence-electron chi connectivity index (χ1n) is 12.5. The number of hydrogen-bond acceptors (Lipinski definition) is 6. The molecule has 0 spiro atoms. The second kappa shape index (κ2) is 9.11. The van der Waals surface area contributed by atoms with E-state index in [0.29, 0.717) is 12.4 Å². The van der Waals surface area contributed by atoms with Gasteiger partial charge in [0, 0.05) is 30.0 Å². The highest BCUT2D eigenvalue weighted by molar-refractivity contribution is 6.05. The molecule has 3 aromatic heterocycles. The van der Waals surface area contributed by atoms with E-state index in [-0.39, 0.29) is 46.4 Å². The number of ether oxygens (including phenoxy) is 2. The molecule has 3 aromatic rings. The number of aromatic nitrogens is 4. The van der Waals surface area contributed by atoms with Gasteiger partial charge in [-0.15, -0.1) is 0 Å². The van der Waals surface area contributed by atoms with E-state index in [2.05, 4.69) is 24.1 Å². The number of amides is 1. The fraction of sp³-hybridized carbons (Fsp3) is 0.538. The molecule has 0 aromatic carbocycles. The molecular weight excluding hydrogens is 446 g/mol. The zero-order chi connectivity index (χ0) is 24.7. The van der Waals surface area contributed by atoms with E-state index in [1.807, 2.05) is 20.0 Å². The number of imidazole rings is 1. The monoisotopic (exact) mass is 479 g/mol. The number of nitrogens with one attached hydrogen (secondary N) is 1. The fourth-order valence-corrected chi connectivity index (χ4v) is 4.36.